The Morgan fingerprint density at radius 2 is 2.29 bits per heavy atom. The van der Waals surface area contributed by atoms with Crippen molar-refractivity contribution in [3.8, 4) is 0 Å². The highest BCUT2D eigenvalue weighted by Crippen LogP contribution is 2.22. The maximum Gasteiger partial charge on any atom is 0.255 e. The van der Waals surface area contributed by atoms with E-state index in [1.54, 1.807) is 12.4 Å². The number of carbonyl (C=O) groups excluding carboxylic acids is 1. The van der Waals surface area contributed by atoms with E-state index in [1.807, 2.05) is 17.9 Å². The number of alkyl halides is 1. The molecule has 0 spiro atoms. The van der Waals surface area contributed by atoms with E-state index in [0.717, 1.165) is 25.1 Å². The number of piperidine rings is 1. The van der Waals surface area contributed by atoms with Crippen molar-refractivity contribution in [1.82, 2.24) is 9.88 Å². The summed E-state index contributed by atoms with van der Waals surface area (Å²) >= 11 is 6.16. The van der Waals surface area contributed by atoms with E-state index in [1.165, 1.54) is 0 Å². The number of nitrogens with zero attached hydrogens (tertiary/aromatic N) is 2. The molecule has 2 rings (SSSR count). The fourth-order valence-corrected chi connectivity index (χ4v) is 2.33. The Bertz CT molecular complexity index is 422. The molecule has 0 radical (unpaired) electrons. The smallest absolute Gasteiger partial charge is 0.255 e. The summed E-state index contributed by atoms with van der Waals surface area (Å²) in [5, 5.41) is 0.190. The number of hydrogen-bond donors (Lipinski definition) is 0. The molecule has 1 aromatic heterocycles. The van der Waals surface area contributed by atoms with Gasteiger partial charge in [-0.1, -0.05) is 6.92 Å². The van der Waals surface area contributed by atoms with Gasteiger partial charge in [0, 0.05) is 30.9 Å². The normalized spacial score (nSPS) is 24.8. The zero-order valence-corrected chi connectivity index (χ0v) is 10.9. The molecule has 4 heteroatoms. The molecule has 17 heavy (non-hydrogen) atoms. The van der Waals surface area contributed by atoms with Gasteiger partial charge in [0.25, 0.3) is 5.91 Å². The van der Waals surface area contributed by atoms with Crippen LogP contribution < -0.4 is 0 Å². The second-order valence-electron chi connectivity index (χ2n) is 4.78. The van der Waals surface area contributed by atoms with Crippen LogP contribution in [0.5, 0.6) is 0 Å². The third-order valence-corrected chi connectivity index (χ3v) is 3.86. The molecule has 1 fully saturated rings. The molecule has 2 atom stereocenters. The van der Waals surface area contributed by atoms with Crippen LogP contribution in [0.2, 0.25) is 0 Å². The van der Waals surface area contributed by atoms with Gasteiger partial charge in [-0.25, -0.2) is 0 Å². The highest BCUT2D eigenvalue weighted by Gasteiger charge is 2.27. The van der Waals surface area contributed by atoms with Gasteiger partial charge >= 0.3 is 0 Å². The molecule has 1 saturated heterocycles. The molecule has 0 aromatic carbocycles. The van der Waals surface area contributed by atoms with Crippen molar-refractivity contribution < 1.29 is 4.79 Å². The van der Waals surface area contributed by atoms with Crippen LogP contribution in [0.15, 0.2) is 18.5 Å². The number of carbonyl (C=O) groups is 1. The van der Waals surface area contributed by atoms with Crippen LogP contribution in [0.1, 0.15) is 29.3 Å². The Morgan fingerprint density at radius 1 is 1.53 bits per heavy atom. The number of amides is 1. The van der Waals surface area contributed by atoms with Crippen molar-refractivity contribution in [3.63, 3.8) is 0 Å². The summed E-state index contributed by atoms with van der Waals surface area (Å²) in [7, 11) is 0. The Balaban J connectivity index is 2.10. The number of hydrogen-bond acceptors (Lipinski definition) is 2. The molecular formula is C13H17ClN2O. The zero-order chi connectivity index (χ0) is 12.4. The van der Waals surface area contributed by atoms with Crippen LogP contribution in [0.25, 0.3) is 0 Å². The van der Waals surface area contributed by atoms with Gasteiger partial charge in [-0.2, -0.15) is 0 Å². The van der Waals surface area contributed by atoms with Crippen LogP contribution in [0.4, 0.5) is 0 Å². The minimum atomic E-state index is 0.0663. The predicted octanol–water partition coefficient (Wildman–Crippen LogP) is 2.48. The highest BCUT2D eigenvalue weighted by molar-refractivity contribution is 6.20. The minimum Gasteiger partial charge on any atom is -0.338 e. The van der Waals surface area contributed by atoms with Gasteiger partial charge < -0.3 is 4.90 Å². The van der Waals surface area contributed by atoms with Gasteiger partial charge in [0.05, 0.1) is 5.56 Å². The van der Waals surface area contributed by atoms with Crippen molar-refractivity contribution in [1.29, 1.82) is 0 Å². The highest BCUT2D eigenvalue weighted by atomic mass is 35.5. The second-order valence-corrected chi connectivity index (χ2v) is 5.34. The molecule has 1 amide bonds. The van der Waals surface area contributed by atoms with Crippen molar-refractivity contribution in [2.24, 2.45) is 5.92 Å². The average molecular weight is 253 g/mol. The van der Waals surface area contributed by atoms with Crippen LogP contribution >= 0.6 is 11.6 Å². The van der Waals surface area contributed by atoms with Gasteiger partial charge in [0.15, 0.2) is 0 Å². The lowest BCUT2D eigenvalue weighted by atomic mass is 9.99. The van der Waals surface area contributed by atoms with E-state index in [2.05, 4.69) is 11.9 Å². The molecule has 0 N–H and O–H groups in total. The first kappa shape index (κ1) is 12.4. The lowest BCUT2D eigenvalue weighted by molar-refractivity contribution is 0.0686. The monoisotopic (exact) mass is 252 g/mol. The standard InChI is InChI=1S/C13H17ClN2O/c1-9-5-11(7-15-6-9)13(17)16-4-3-12(14)10(2)8-16/h5-7,10,12H,3-4,8H2,1-2H3. The number of aryl methyl sites for hydroxylation is 1. The second kappa shape index (κ2) is 5.05. The zero-order valence-electron chi connectivity index (χ0n) is 10.2. The Morgan fingerprint density at radius 3 is 2.94 bits per heavy atom. The Kier molecular flexibility index (Phi) is 3.67. The van der Waals surface area contributed by atoms with Crippen LogP contribution in [-0.2, 0) is 0 Å². The third kappa shape index (κ3) is 2.78. The maximum absolute atomic E-state index is 12.2. The summed E-state index contributed by atoms with van der Waals surface area (Å²) in [5.41, 5.74) is 1.68. The predicted molar refractivity (Wildman–Crippen MR) is 68.3 cm³/mol. The van der Waals surface area contributed by atoms with Crippen LogP contribution in [-0.4, -0.2) is 34.3 Å². The SMILES string of the molecule is Cc1cncc(C(=O)N2CCC(Cl)C(C)C2)c1. The number of halogens is 1. The lowest BCUT2D eigenvalue weighted by Crippen LogP contribution is -2.43. The Labute approximate surface area is 107 Å². The molecule has 1 aromatic rings. The van der Waals surface area contributed by atoms with Gasteiger partial charge in [-0.3, -0.25) is 9.78 Å². The lowest BCUT2D eigenvalue weighted by Gasteiger charge is -2.34. The fourth-order valence-electron chi connectivity index (χ4n) is 2.16. The Hall–Kier alpha value is -1.09. The number of aromatic nitrogens is 1. The van der Waals surface area contributed by atoms with E-state index < -0.39 is 0 Å². The van der Waals surface area contributed by atoms with Crippen molar-refractivity contribution >= 4 is 17.5 Å². The molecule has 3 nitrogen and oxygen atoms in total. The van der Waals surface area contributed by atoms with E-state index >= 15 is 0 Å². The van der Waals surface area contributed by atoms with Crippen molar-refractivity contribution in [2.45, 2.75) is 25.6 Å². The molecule has 2 heterocycles. The van der Waals surface area contributed by atoms with Gasteiger partial charge in [0.2, 0.25) is 0 Å². The topological polar surface area (TPSA) is 33.2 Å². The number of likely N-dealkylation sites (tertiary alicyclic amines) is 1. The first-order valence-corrected chi connectivity index (χ1v) is 6.36. The minimum absolute atomic E-state index is 0.0663. The summed E-state index contributed by atoms with van der Waals surface area (Å²) in [4.78, 5) is 18.2. The number of rotatable bonds is 1. The van der Waals surface area contributed by atoms with E-state index in [4.69, 9.17) is 11.6 Å². The average Bonchev–Trinajstić information content (AvgIpc) is 2.32. The maximum atomic E-state index is 12.2. The van der Waals surface area contributed by atoms with E-state index in [-0.39, 0.29) is 11.3 Å². The van der Waals surface area contributed by atoms with Gasteiger partial charge in [-0.05, 0) is 30.9 Å². The molecule has 92 valence electrons. The van der Waals surface area contributed by atoms with Gasteiger partial charge in [0.1, 0.15) is 0 Å². The van der Waals surface area contributed by atoms with Crippen molar-refractivity contribution in [2.75, 3.05) is 13.1 Å². The number of pyridine rings is 1. The molecular weight excluding hydrogens is 236 g/mol. The summed E-state index contributed by atoms with van der Waals surface area (Å²) < 4.78 is 0. The molecule has 1 aliphatic rings. The third-order valence-electron chi connectivity index (χ3n) is 3.21. The van der Waals surface area contributed by atoms with Crippen LogP contribution in [0.3, 0.4) is 0 Å². The first-order chi connectivity index (χ1) is 8.08. The van der Waals surface area contributed by atoms with E-state index in [0.29, 0.717) is 11.5 Å². The fraction of sp³-hybridized carbons (Fsp3) is 0.538. The molecule has 1 aliphatic heterocycles. The summed E-state index contributed by atoms with van der Waals surface area (Å²) in [6, 6.07) is 1.88. The molecule has 0 aliphatic carbocycles. The molecule has 2 unspecified atom stereocenters. The summed E-state index contributed by atoms with van der Waals surface area (Å²) in [5.74, 6) is 0.420. The quantitative estimate of drug-likeness (QED) is 0.720. The van der Waals surface area contributed by atoms with Gasteiger partial charge in [-0.15, -0.1) is 11.6 Å². The largest absolute Gasteiger partial charge is 0.338 e. The van der Waals surface area contributed by atoms with E-state index in [9.17, 15) is 4.79 Å². The molecule has 0 bridgehead atoms. The molecule has 0 saturated carbocycles. The summed E-state index contributed by atoms with van der Waals surface area (Å²) in [6.07, 6.45) is 4.25. The first-order valence-electron chi connectivity index (χ1n) is 5.93. The summed E-state index contributed by atoms with van der Waals surface area (Å²) in [6.45, 7) is 5.51. The van der Waals surface area contributed by atoms with Crippen LogP contribution in [0, 0.1) is 12.8 Å². The van der Waals surface area contributed by atoms with Crippen molar-refractivity contribution in [3.05, 3.63) is 29.6 Å².